The van der Waals surface area contributed by atoms with Gasteiger partial charge in [-0.1, -0.05) is 0 Å². The predicted molar refractivity (Wildman–Crippen MR) is 38.0 cm³/mol. The average molecular weight is 173 g/mol. The lowest BCUT2D eigenvalue weighted by Gasteiger charge is -2.14. The van der Waals surface area contributed by atoms with E-state index < -0.39 is 10.0 Å². The molecule has 0 atom stereocenters. The monoisotopic (exact) mass is 173 g/mol. The van der Waals surface area contributed by atoms with Gasteiger partial charge in [0.2, 0.25) is 10.0 Å². The Bertz CT molecular complexity index is 367. The molecule has 2 heterocycles. The van der Waals surface area contributed by atoms with Crippen LogP contribution in [0.1, 0.15) is 5.82 Å². The molecule has 0 saturated carbocycles. The van der Waals surface area contributed by atoms with Crippen LogP contribution in [-0.4, -0.2) is 18.0 Å². The summed E-state index contributed by atoms with van der Waals surface area (Å²) < 4.78 is 25.9. The second-order valence-corrected chi connectivity index (χ2v) is 4.15. The van der Waals surface area contributed by atoms with Crippen LogP contribution in [0.15, 0.2) is 12.4 Å². The fraction of sp³-hybridized carbons (Fsp3) is 0.400. The van der Waals surface area contributed by atoms with E-state index in [0.29, 0.717) is 6.54 Å². The molecule has 1 aromatic heterocycles. The van der Waals surface area contributed by atoms with Gasteiger partial charge in [-0.05, 0) is 0 Å². The Morgan fingerprint density at radius 2 is 2.45 bits per heavy atom. The Balaban J connectivity index is 2.47. The van der Waals surface area contributed by atoms with Gasteiger partial charge < -0.3 is 4.57 Å². The van der Waals surface area contributed by atoms with E-state index in [9.17, 15) is 8.42 Å². The van der Waals surface area contributed by atoms with Gasteiger partial charge in [0.1, 0.15) is 11.7 Å². The quantitative estimate of drug-likeness (QED) is 0.562. The summed E-state index contributed by atoms with van der Waals surface area (Å²) in [6.07, 6.45) is 3.26. The largest absolute Gasteiger partial charge is 0.318 e. The van der Waals surface area contributed by atoms with E-state index in [1.165, 1.54) is 0 Å². The van der Waals surface area contributed by atoms with E-state index >= 15 is 0 Å². The molecule has 2 rings (SSSR count). The summed E-state index contributed by atoms with van der Waals surface area (Å²) in [5, 5.41) is 0. The van der Waals surface area contributed by atoms with E-state index in [1.807, 2.05) is 0 Å². The molecule has 6 heteroatoms. The van der Waals surface area contributed by atoms with Gasteiger partial charge in [-0.15, -0.1) is 0 Å². The van der Waals surface area contributed by atoms with Crippen molar-refractivity contribution >= 4 is 10.0 Å². The molecule has 0 spiro atoms. The third-order valence-electron chi connectivity index (χ3n) is 1.56. The van der Waals surface area contributed by atoms with Gasteiger partial charge >= 0.3 is 0 Å². The van der Waals surface area contributed by atoms with Gasteiger partial charge in [0, 0.05) is 12.4 Å². The van der Waals surface area contributed by atoms with Crippen molar-refractivity contribution in [3.05, 3.63) is 18.2 Å². The zero-order chi connectivity index (χ0) is 7.90. The van der Waals surface area contributed by atoms with Gasteiger partial charge in [-0.2, -0.15) is 0 Å². The maximum atomic E-state index is 11.0. The number of aromatic nitrogens is 2. The van der Waals surface area contributed by atoms with E-state index in [4.69, 9.17) is 0 Å². The lowest BCUT2D eigenvalue weighted by atomic mass is 10.6. The van der Waals surface area contributed by atoms with Crippen LogP contribution in [0.5, 0.6) is 0 Å². The fourth-order valence-electron chi connectivity index (χ4n) is 1.03. The average Bonchev–Trinajstić information content (AvgIpc) is 2.31. The van der Waals surface area contributed by atoms with Gasteiger partial charge in [-0.3, -0.25) is 0 Å². The number of nitrogens with zero attached hydrogens (tertiary/aromatic N) is 2. The van der Waals surface area contributed by atoms with Crippen LogP contribution in [0.4, 0.5) is 0 Å². The molecule has 1 aromatic rings. The number of rotatable bonds is 0. The van der Waals surface area contributed by atoms with Crippen LogP contribution in [0.2, 0.25) is 0 Å². The third kappa shape index (κ3) is 1.14. The maximum absolute atomic E-state index is 11.0. The highest BCUT2D eigenvalue weighted by molar-refractivity contribution is 7.88. The van der Waals surface area contributed by atoms with Crippen LogP contribution in [0, 0.1) is 0 Å². The van der Waals surface area contributed by atoms with E-state index in [-0.39, 0.29) is 5.88 Å². The molecule has 1 aliphatic rings. The number of hydrogen-bond donors (Lipinski definition) is 1. The maximum Gasteiger partial charge on any atom is 0.230 e. The van der Waals surface area contributed by atoms with Crippen molar-refractivity contribution in [2.75, 3.05) is 0 Å². The topological polar surface area (TPSA) is 64.0 Å². The molecule has 0 aromatic carbocycles. The van der Waals surface area contributed by atoms with Gasteiger partial charge in [0.15, 0.2) is 0 Å². The van der Waals surface area contributed by atoms with Crippen molar-refractivity contribution in [1.82, 2.24) is 14.3 Å². The van der Waals surface area contributed by atoms with Gasteiger partial charge in [0.25, 0.3) is 0 Å². The summed E-state index contributed by atoms with van der Waals surface area (Å²) in [5.74, 6) is 0.752. The lowest BCUT2D eigenvalue weighted by molar-refractivity contribution is 0.547. The van der Waals surface area contributed by atoms with Gasteiger partial charge in [0.05, 0.1) is 6.54 Å². The first-order valence-electron chi connectivity index (χ1n) is 3.15. The number of fused-ring (bicyclic) bond motifs is 1. The molecule has 0 fully saturated rings. The molecule has 0 saturated heterocycles. The fourth-order valence-corrected chi connectivity index (χ4v) is 2.07. The molecule has 1 aliphatic heterocycles. The molecule has 1 N–H and O–H groups in total. The van der Waals surface area contributed by atoms with Crippen molar-refractivity contribution < 1.29 is 8.42 Å². The highest BCUT2D eigenvalue weighted by Crippen LogP contribution is 2.06. The molecule has 60 valence electrons. The Kier molecular flexibility index (Phi) is 1.27. The SMILES string of the molecule is O=S1(=O)Cn2ccnc2CN1. The van der Waals surface area contributed by atoms with Crippen molar-refractivity contribution in [2.24, 2.45) is 0 Å². The van der Waals surface area contributed by atoms with E-state index in [1.54, 1.807) is 17.0 Å². The molecule has 0 radical (unpaired) electrons. The Labute approximate surface area is 64.1 Å². The zero-order valence-corrected chi connectivity index (χ0v) is 6.50. The normalized spacial score (nSPS) is 21.1. The first-order valence-corrected chi connectivity index (χ1v) is 4.80. The Hall–Kier alpha value is -0.880. The van der Waals surface area contributed by atoms with Gasteiger partial charge in [-0.25, -0.2) is 18.1 Å². The smallest absolute Gasteiger partial charge is 0.230 e. The summed E-state index contributed by atoms with van der Waals surface area (Å²) in [7, 11) is -3.09. The van der Waals surface area contributed by atoms with Crippen LogP contribution in [-0.2, 0) is 22.4 Å². The van der Waals surface area contributed by atoms with E-state index in [2.05, 4.69) is 9.71 Å². The minimum absolute atomic E-state index is 0.0116. The summed E-state index contributed by atoms with van der Waals surface area (Å²) in [6.45, 7) is 0.301. The number of imidazole rings is 1. The van der Waals surface area contributed by atoms with Crippen LogP contribution in [0.3, 0.4) is 0 Å². The molecule has 0 amide bonds. The molecule has 5 nitrogen and oxygen atoms in total. The molecular weight excluding hydrogens is 166 g/mol. The van der Waals surface area contributed by atoms with Crippen LogP contribution in [0.25, 0.3) is 0 Å². The minimum Gasteiger partial charge on any atom is -0.318 e. The molecular formula is C5H7N3O2S. The zero-order valence-electron chi connectivity index (χ0n) is 5.69. The summed E-state index contributed by atoms with van der Waals surface area (Å²) in [6, 6.07) is 0. The number of nitrogens with one attached hydrogen (secondary N) is 1. The lowest BCUT2D eigenvalue weighted by Crippen LogP contribution is -2.33. The van der Waals surface area contributed by atoms with Crippen molar-refractivity contribution in [1.29, 1.82) is 0 Å². The summed E-state index contributed by atoms with van der Waals surface area (Å²) >= 11 is 0. The number of sulfonamides is 1. The van der Waals surface area contributed by atoms with Crippen molar-refractivity contribution in [2.45, 2.75) is 12.4 Å². The third-order valence-corrected chi connectivity index (χ3v) is 2.76. The van der Waals surface area contributed by atoms with Crippen molar-refractivity contribution in [3.63, 3.8) is 0 Å². The van der Waals surface area contributed by atoms with Crippen LogP contribution < -0.4 is 4.72 Å². The van der Waals surface area contributed by atoms with Crippen LogP contribution >= 0.6 is 0 Å². The van der Waals surface area contributed by atoms with Crippen molar-refractivity contribution in [3.8, 4) is 0 Å². The standard InChI is InChI=1S/C5H7N3O2S/c9-11(10)4-8-2-1-6-5(8)3-7-11/h1-2,7H,3-4H2. The first-order chi connectivity index (χ1) is 5.17. The summed E-state index contributed by atoms with van der Waals surface area (Å²) in [4.78, 5) is 3.96. The minimum atomic E-state index is -3.09. The Morgan fingerprint density at radius 3 is 3.27 bits per heavy atom. The highest BCUT2D eigenvalue weighted by Gasteiger charge is 2.19. The Morgan fingerprint density at radius 1 is 1.64 bits per heavy atom. The molecule has 0 bridgehead atoms. The predicted octanol–water partition coefficient (Wildman–Crippen LogP) is -0.726. The highest BCUT2D eigenvalue weighted by atomic mass is 32.2. The summed E-state index contributed by atoms with van der Waals surface area (Å²) in [5.41, 5.74) is 0. The molecule has 0 aliphatic carbocycles. The first kappa shape index (κ1) is 6.81. The van der Waals surface area contributed by atoms with E-state index in [0.717, 1.165) is 5.82 Å². The second-order valence-electron chi connectivity index (χ2n) is 2.38. The molecule has 11 heavy (non-hydrogen) atoms. The second kappa shape index (κ2) is 2.05. The molecule has 0 unspecified atom stereocenters. The number of hydrogen-bond acceptors (Lipinski definition) is 3.